The number of halogens is 1. The minimum atomic E-state index is -0.535. The van der Waals surface area contributed by atoms with Gasteiger partial charge in [-0.2, -0.15) is 0 Å². The quantitative estimate of drug-likeness (QED) is 0.925. The van der Waals surface area contributed by atoms with Crippen LogP contribution in [0.5, 0.6) is 0 Å². The van der Waals surface area contributed by atoms with Crippen molar-refractivity contribution < 1.29 is 0 Å². The molecule has 1 aromatic heterocycles. The highest BCUT2D eigenvalue weighted by Gasteiger charge is 2.19. The fraction of sp³-hybridized carbons (Fsp3) is 0.286. The van der Waals surface area contributed by atoms with E-state index in [0.717, 1.165) is 21.4 Å². The summed E-state index contributed by atoms with van der Waals surface area (Å²) < 4.78 is 1.03. The molecular weight excluding hydrogens is 290 g/mol. The number of nitrogens with two attached hydrogens (primary N) is 1. The highest BCUT2D eigenvalue weighted by Crippen LogP contribution is 2.23. The average Bonchev–Trinajstić information content (AvgIpc) is 2.27. The zero-order chi connectivity index (χ0) is 13.3. The first kappa shape index (κ1) is 13.2. The van der Waals surface area contributed by atoms with E-state index in [4.69, 9.17) is 5.73 Å². The number of hydrogen-bond donors (Lipinski definition) is 1. The Balaban J connectivity index is 2.55. The lowest BCUT2D eigenvalue weighted by molar-refractivity contribution is 0.512. The van der Waals surface area contributed by atoms with Crippen molar-refractivity contribution in [2.75, 3.05) is 0 Å². The van der Waals surface area contributed by atoms with Crippen molar-refractivity contribution in [3.63, 3.8) is 0 Å². The van der Waals surface area contributed by atoms with Gasteiger partial charge in [0.05, 0.1) is 11.2 Å². The molecule has 0 bridgehead atoms. The summed E-state index contributed by atoms with van der Waals surface area (Å²) in [4.78, 5) is 8.96. The van der Waals surface area contributed by atoms with E-state index in [1.807, 2.05) is 51.1 Å². The molecule has 0 aliphatic carbocycles. The number of aryl methyl sites for hydroxylation is 1. The van der Waals surface area contributed by atoms with Crippen LogP contribution in [0.3, 0.4) is 0 Å². The number of rotatable bonds is 2. The summed E-state index contributed by atoms with van der Waals surface area (Å²) in [7, 11) is 0. The minimum absolute atomic E-state index is 0.535. The second-order valence-electron chi connectivity index (χ2n) is 4.95. The third kappa shape index (κ3) is 2.94. The van der Waals surface area contributed by atoms with E-state index in [-0.39, 0.29) is 0 Å². The Bertz CT molecular complexity index is 573. The van der Waals surface area contributed by atoms with Crippen LogP contribution in [0.15, 0.2) is 34.8 Å². The van der Waals surface area contributed by atoms with Crippen LogP contribution in [0.2, 0.25) is 0 Å². The van der Waals surface area contributed by atoms with Crippen LogP contribution in [0.25, 0.3) is 11.3 Å². The standard InChI is InChI=1S/C14H16BrN3/c1-9-7-12(10-5-4-6-11(15)8-10)18-13(17-9)14(2,3)16/h4-8H,16H2,1-3H3. The Morgan fingerprint density at radius 2 is 1.89 bits per heavy atom. The maximum Gasteiger partial charge on any atom is 0.148 e. The maximum atomic E-state index is 6.07. The van der Waals surface area contributed by atoms with Gasteiger partial charge in [-0.1, -0.05) is 28.1 Å². The molecule has 0 radical (unpaired) electrons. The molecule has 0 unspecified atom stereocenters. The van der Waals surface area contributed by atoms with Crippen molar-refractivity contribution in [3.05, 3.63) is 46.3 Å². The third-order valence-electron chi connectivity index (χ3n) is 2.55. The summed E-state index contributed by atoms with van der Waals surface area (Å²) in [6, 6.07) is 10.0. The molecule has 0 saturated heterocycles. The smallest absolute Gasteiger partial charge is 0.148 e. The first-order valence-corrected chi connectivity index (χ1v) is 6.56. The van der Waals surface area contributed by atoms with Crippen molar-refractivity contribution in [2.24, 2.45) is 5.73 Å². The van der Waals surface area contributed by atoms with E-state index in [2.05, 4.69) is 25.9 Å². The van der Waals surface area contributed by atoms with Crippen molar-refractivity contribution >= 4 is 15.9 Å². The largest absolute Gasteiger partial charge is 0.319 e. The first-order valence-electron chi connectivity index (χ1n) is 5.77. The molecule has 0 spiro atoms. The van der Waals surface area contributed by atoms with Gasteiger partial charge < -0.3 is 5.73 Å². The third-order valence-corrected chi connectivity index (χ3v) is 3.04. The molecular formula is C14H16BrN3. The molecule has 3 nitrogen and oxygen atoms in total. The summed E-state index contributed by atoms with van der Waals surface area (Å²) in [6.07, 6.45) is 0. The lowest BCUT2D eigenvalue weighted by Gasteiger charge is -2.18. The molecule has 4 heteroatoms. The van der Waals surface area contributed by atoms with E-state index in [9.17, 15) is 0 Å². The van der Waals surface area contributed by atoms with Gasteiger partial charge in [-0.25, -0.2) is 9.97 Å². The van der Waals surface area contributed by atoms with Crippen LogP contribution in [0.1, 0.15) is 25.4 Å². The fourth-order valence-corrected chi connectivity index (χ4v) is 2.05. The van der Waals surface area contributed by atoms with Gasteiger partial charge >= 0.3 is 0 Å². The SMILES string of the molecule is Cc1cc(-c2cccc(Br)c2)nc(C(C)(C)N)n1. The topological polar surface area (TPSA) is 51.8 Å². The van der Waals surface area contributed by atoms with E-state index in [1.165, 1.54) is 0 Å². The average molecular weight is 306 g/mol. The second-order valence-corrected chi connectivity index (χ2v) is 5.87. The fourth-order valence-electron chi connectivity index (χ4n) is 1.65. The molecule has 1 aromatic carbocycles. The molecule has 94 valence electrons. The van der Waals surface area contributed by atoms with Crippen LogP contribution in [-0.2, 0) is 5.54 Å². The zero-order valence-electron chi connectivity index (χ0n) is 10.7. The van der Waals surface area contributed by atoms with E-state index in [1.54, 1.807) is 0 Å². The monoisotopic (exact) mass is 305 g/mol. The van der Waals surface area contributed by atoms with Crippen LogP contribution in [-0.4, -0.2) is 9.97 Å². The van der Waals surface area contributed by atoms with Crippen LogP contribution in [0, 0.1) is 6.92 Å². The van der Waals surface area contributed by atoms with Gasteiger partial charge in [0.25, 0.3) is 0 Å². The predicted molar refractivity (Wildman–Crippen MR) is 77.1 cm³/mol. The van der Waals surface area contributed by atoms with Gasteiger partial charge in [-0.3, -0.25) is 0 Å². The molecule has 0 aliphatic heterocycles. The van der Waals surface area contributed by atoms with Crippen LogP contribution < -0.4 is 5.73 Å². The molecule has 18 heavy (non-hydrogen) atoms. The molecule has 0 amide bonds. The summed E-state index contributed by atoms with van der Waals surface area (Å²) in [5.41, 5.74) is 8.41. The number of aromatic nitrogens is 2. The molecule has 0 aliphatic rings. The van der Waals surface area contributed by atoms with E-state index >= 15 is 0 Å². The highest BCUT2D eigenvalue weighted by atomic mass is 79.9. The summed E-state index contributed by atoms with van der Waals surface area (Å²) in [6.45, 7) is 5.78. The van der Waals surface area contributed by atoms with Crippen LogP contribution in [0.4, 0.5) is 0 Å². The molecule has 2 N–H and O–H groups in total. The van der Waals surface area contributed by atoms with E-state index in [0.29, 0.717) is 5.82 Å². The first-order chi connectivity index (χ1) is 8.36. The molecule has 0 saturated carbocycles. The van der Waals surface area contributed by atoms with Gasteiger partial charge in [-0.05, 0) is 39.0 Å². The summed E-state index contributed by atoms with van der Waals surface area (Å²) in [5, 5.41) is 0. The van der Waals surface area contributed by atoms with Gasteiger partial charge in [0.15, 0.2) is 0 Å². The molecule has 0 fully saturated rings. The van der Waals surface area contributed by atoms with Gasteiger partial charge in [0, 0.05) is 15.7 Å². The zero-order valence-corrected chi connectivity index (χ0v) is 12.3. The lowest BCUT2D eigenvalue weighted by atomic mass is 10.1. The normalized spacial score (nSPS) is 11.6. The molecule has 2 aromatic rings. The molecule has 1 heterocycles. The number of hydrogen-bond acceptors (Lipinski definition) is 3. The Hall–Kier alpha value is -1.26. The van der Waals surface area contributed by atoms with E-state index < -0.39 is 5.54 Å². The Labute approximate surface area is 116 Å². The van der Waals surface area contributed by atoms with Gasteiger partial charge in [0.1, 0.15) is 5.82 Å². The van der Waals surface area contributed by atoms with Gasteiger partial charge in [0.2, 0.25) is 0 Å². The summed E-state index contributed by atoms with van der Waals surface area (Å²) in [5.74, 6) is 0.664. The van der Waals surface area contributed by atoms with Crippen LogP contribution >= 0.6 is 15.9 Å². The predicted octanol–water partition coefficient (Wildman–Crippen LogP) is 3.41. The minimum Gasteiger partial charge on any atom is -0.319 e. The van der Waals surface area contributed by atoms with Crippen molar-refractivity contribution in [1.82, 2.24) is 9.97 Å². The number of nitrogens with zero attached hydrogens (tertiary/aromatic N) is 2. The maximum absolute atomic E-state index is 6.07. The molecule has 2 rings (SSSR count). The van der Waals surface area contributed by atoms with Crippen molar-refractivity contribution in [3.8, 4) is 11.3 Å². The Kier molecular flexibility index (Phi) is 3.50. The number of benzene rings is 1. The Morgan fingerprint density at radius 3 is 2.50 bits per heavy atom. The lowest BCUT2D eigenvalue weighted by Crippen LogP contribution is -2.31. The van der Waals surface area contributed by atoms with Crippen molar-refractivity contribution in [2.45, 2.75) is 26.3 Å². The van der Waals surface area contributed by atoms with Gasteiger partial charge in [-0.15, -0.1) is 0 Å². The second kappa shape index (κ2) is 4.78. The van der Waals surface area contributed by atoms with Crippen molar-refractivity contribution in [1.29, 1.82) is 0 Å². The molecule has 0 atom stereocenters. The highest BCUT2D eigenvalue weighted by molar-refractivity contribution is 9.10. The summed E-state index contributed by atoms with van der Waals surface area (Å²) >= 11 is 3.47. The Morgan fingerprint density at radius 1 is 1.17 bits per heavy atom.